The Morgan fingerprint density at radius 3 is 1.58 bits per heavy atom. The van der Waals surface area contributed by atoms with Gasteiger partial charge in [-0.1, -0.05) is 123 Å². The SMILES string of the molecule is CCCC[CH-][Si](C)(C1CCCCC1)C1CCCCC1.[CH2-]CCC.[Mg+2]. The third-order valence-corrected chi connectivity index (χ3v) is 12.3. The zero-order valence-electron chi connectivity index (χ0n) is 17.3. The molecule has 138 valence electrons. The van der Waals surface area contributed by atoms with E-state index in [1.54, 1.807) is 25.7 Å². The molecule has 0 aromatic heterocycles. The van der Waals surface area contributed by atoms with Gasteiger partial charge in [0.1, 0.15) is 0 Å². The van der Waals surface area contributed by atoms with Crippen molar-refractivity contribution in [3.8, 4) is 0 Å². The molecular weight excluding hydrogens is 317 g/mol. The molecule has 0 radical (unpaired) electrons. The molecule has 0 nitrogen and oxygen atoms in total. The Kier molecular flexibility index (Phi) is 15.7. The van der Waals surface area contributed by atoms with Gasteiger partial charge in [-0.2, -0.15) is 12.8 Å². The molecule has 0 unspecified atom stereocenters. The van der Waals surface area contributed by atoms with Gasteiger partial charge in [-0.3, -0.25) is 0 Å². The fraction of sp³-hybridized carbons (Fsp3) is 0.909. The smallest absolute Gasteiger partial charge is 0.343 e. The van der Waals surface area contributed by atoms with Gasteiger partial charge in [-0.15, -0.1) is 0 Å². The first kappa shape index (κ1) is 25.0. The van der Waals surface area contributed by atoms with Gasteiger partial charge >= 0.3 is 23.1 Å². The van der Waals surface area contributed by atoms with E-state index >= 15 is 0 Å². The van der Waals surface area contributed by atoms with Crippen LogP contribution in [0, 0.1) is 13.0 Å². The van der Waals surface area contributed by atoms with Crippen molar-refractivity contribution in [3.63, 3.8) is 0 Å². The second-order valence-electron chi connectivity index (χ2n) is 8.24. The van der Waals surface area contributed by atoms with Crippen molar-refractivity contribution in [3.05, 3.63) is 13.0 Å². The fourth-order valence-electron chi connectivity index (χ4n) is 4.73. The van der Waals surface area contributed by atoms with Crippen LogP contribution in [-0.2, 0) is 0 Å². The molecule has 0 aliphatic heterocycles. The Balaban J connectivity index is 0.000000954. The number of hydrogen-bond donors (Lipinski definition) is 0. The first-order valence-corrected chi connectivity index (χ1v) is 13.6. The van der Waals surface area contributed by atoms with Gasteiger partial charge in [0.25, 0.3) is 0 Å². The zero-order valence-corrected chi connectivity index (χ0v) is 19.7. The number of hydrogen-bond acceptors (Lipinski definition) is 0. The average molecular weight is 361 g/mol. The minimum absolute atomic E-state index is 0. The first-order valence-electron chi connectivity index (χ1n) is 10.8. The maximum Gasteiger partial charge on any atom is 2.00 e. The molecular formula is C22H44MgSi. The summed E-state index contributed by atoms with van der Waals surface area (Å²) in [5, 5.41) is 0. The summed E-state index contributed by atoms with van der Waals surface area (Å²) in [4.78, 5) is 0. The van der Waals surface area contributed by atoms with E-state index in [1.165, 1.54) is 64.2 Å². The summed E-state index contributed by atoms with van der Waals surface area (Å²) in [6, 6.07) is 2.92. The summed E-state index contributed by atoms with van der Waals surface area (Å²) in [7, 11) is -1.11. The monoisotopic (exact) mass is 360 g/mol. The molecule has 0 heterocycles. The van der Waals surface area contributed by atoms with Crippen LogP contribution < -0.4 is 0 Å². The second kappa shape index (κ2) is 15.1. The van der Waals surface area contributed by atoms with Crippen LogP contribution in [0.5, 0.6) is 0 Å². The van der Waals surface area contributed by atoms with E-state index in [0.717, 1.165) is 17.5 Å². The number of rotatable bonds is 7. The van der Waals surface area contributed by atoms with Crippen molar-refractivity contribution >= 4 is 31.1 Å². The summed E-state index contributed by atoms with van der Waals surface area (Å²) in [5.41, 5.74) is 2.28. The van der Waals surface area contributed by atoms with E-state index in [1.807, 2.05) is 0 Å². The van der Waals surface area contributed by atoms with Crippen LogP contribution in [0.15, 0.2) is 0 Å². The third kappa shape index (κ3) is 8.58. The summed E-state index contributed by atoms with van der Waals surface area (Å²) in [6.07, 6.45) is 21.9. The maximum atomic E-state index is 3.60. The summed E-state index contributed by atoms with van der Waals surface area (Å²) in [5.74, 6) is 0. The van der Waals surface area contributed by atoms with Crippen LogP contribution in [0.25, 0.3) is 0 Å². The topological polar surface area (TPSA) is 0 Å². The second-order valence-corrected chi connectivity index (χ2v) is 13.0. The van der Waals surface area contributed by atoms with E-state index in [2.05, 4.69) is 33.4 Å². The average Bonchev–Trinajstić information content (AvgIpc) is 2.63. The zero-order chi connectivity index (χ0) is 17.0. The fourth-order valence-corrected chi connectivity index (χ4v) is 10.2. The molecule has 2 heteroatoms. The van der Waals surface area contributed by atoms with Gasteiger partial charge < -0.3 is 13.0 Å². The summed E-state index contributed by atoms with van der Waals surface area (Å²) in [6.45, 7) is 10.8. The Hall–Kier alpha value is 0.983. The standard InChI is InChI=1S/C18H35Si.C4H9.Mg/c1-3-4-11-16-19(2,17-12-7-5-8-13-17)18-14-9-6-10-15-18;1-3-4-2;/h16-18H,3-15H2,1-2H3;1,3-4H2,2H3;/q2*-1;+2. The Bertz CT molecular complexity index is 247. The first-order chi connectivity index (χ1) is 11.2. The van der Waals surface area contributed by atoms with E-state index in [-0.39, 0.29) is 23.1 Å². The molecule has 0 saturated heterocycles. The van der Waals surface area contributed by atoms with Crippen molar-refractivity contribution in [2.24, 2.45) is 0 Å². The molecule has 24 heavy (non-hydrogen) atoms. The minimum Gasteiger partial charge on any atom is -0.343 e. The third-order valence-electron chi connectivity index (χ3n) is 6.47. The van der Waals surface area contributed by atoms with Crippen molar-refractivity contribution in [2.45, 2.75) is 128 Å². The van der Waals surface area contributed by atoms with Crippen LogP contribution in [0.3, 0.4) is 0 Å². The molecule has 2 rings (SSSR count). The molecule has 0 aromatic carbocycles. The Labute approximate surface area is 171 Å². The van der Waals surface area contributed by atoms with Gasteiger partial charge in [-0.25, -0.2) is 0 Å². The number of unbranched alkanes of at least 4 members (excludes halogenated alkanes) is 3. The molecule has 0 aromatic rings. The Morgan fingerprint density at radius 2 is 1.25 bits per heavy atom. The predicted molar refractivity (Wildman–Crippen MR) is 115 cm³/mol. The van der Waals surface area contributed by atoms with Gasteiger partial charge in [-0.05, 0) is 0 Å². The van der Waals surface area contributed by atoms with E-state index in [4.69, 9.17) is 0 Å². The Morgan fingerprint density at radius 1 is 0.833 bits per heavy atom. The van der Waals surface area contributed by atoms with Crippen LogP contribution in [0.2, 0.25) is 17.6 Å². The van der Waals surface area contributed by atoms with Crippen LogP contribution in [-0.4, -0.2) is 31.1 Å². The molecule has 2 saturated carbocycles. The van der Waals surface area contributed by atoms with Crippen molar-refractivity contribution in [1.82, 2.24) is 0 Å². The molecule has 0 atom stereocenters. The van der Waals surface area contributed by atoms with Crippen LogP contribution in [0.4, 0.5) is 0 Å². The maximum absolute atomic E-state index is 3.60. The molecule has 2 aliphatic rings. The molecule has 2 fully saturated rings. The van der Waals surface area contributed by atoms with Gasteiger partial charge in [0.2, 0.25) is 0 Å². The van der Waals surface area contributed by atoms with Crippen LogP contribution >= 0.6 is 0 Å². The van der Waals surface area contributed by atoms with Crippen molar-refractivity contribution < 1.29 is 0 Å². The van der Waals surface area contributed by atoms with E-state index in [9.17, 15) is 0 Å². The van der Waals surface area contributed by atoms with Gasteiger partial charge in [0, 0.05) is 0 Å². The molecule has 0 bridgehead atoms. The van der Waals surface area contributed by atoms with E-state index in [0.29, 0.717) is 0 Å². The molecule has 0 spiro atoms. The summed E-state index contributed by atoms with van der Waals surface area (Å²) < 4.78 is 0. The largest absolute Gasteiger partial charge is 2.00 e. The van der Waals surface area contributed by atoms with Gasteiger partial charge in [0.05, 0.1) is 0 Å². The van der Waals surface area contributed by atoms with Gasteiger partial charge in [0.15, 0.2) is 0 Å². The molecule has 0 amide bonds. The van der Waals surface area contributed by atoms with Crippen LogP contribution in [0.1, 0.15) is 110 Å². The van der Waals surface area contributed by atoms with E-state index < -0.39 is 8.07 Å². The predicted octanol–water partition coefficient (Wildman–Crippen LogP) is 7.91. The summed E-state index contributed by atoms with van der Waals surface area (Å²) >= 11 is 0. The normalized spacial score (nSPS) is 20.0. The minimum atomic E-state index is -1.11. The van der Waals surface area contributed by atoms with Crippen molar-refractivity contribution in [2.75, 3.05) is 0 Å². The molecule has 0 N–H and O–H groups in total. The quantitative estimate of drug-likeness (QED) is 0.246. The molecule has 2 aliphatic carbocycles. The van der Waals surface area contributed by atoms with Crippen molar-refractivity contribution in [1.29, 1.82) is 0 Å².